The van der Waals surface area contributed by atoms with E-state index in [1.165, 1.54) is 0 Å². The third-order valence-corrected chi connectivity index (χ3v) is 3.30. The maximum absolute atomic E-state index is 5.07. The van der Waals surface area contributed by atoms with Crippen molar-refractivity contribution in [1.29, 1.82) is 0 Å². The Morgan fingerprint density at radius 2 is 1.87 bits per heavy atom. The van der Waals surface area contributed by atoms with Crippen molar-refractivity contribution in [3.8, 4) is 11.3 Å². The number of nitrogens with one attached hydrogen (secondary N) is 2. The molecule has 1 aromatic carbocycles. The summed E-state index contributed by atoms with van der Waals surface area (Å²) < 4.78 is 5.07. The van der Waals surface area contributed by atoms with Crippen molar-refractivity contribution in [1.82, 2.24) is 9.97 Å². The Hall–Kier alpha value is -2.14. The van der Waals surface area contributed by atoms with Crippen LogP contribution in [0.2, 0.25) is 0 Å². The molecule has 23 heavy (non-hydrogen) atoms. The first kappa shape index (κ1) is 17.2. The van der Waals surface area contributed by atoms with Gasteiger partial charge in [0.15, 0.2) is 0 Å². The number of nitrogens with zero attached hydrogens (tertiary/aromatic N) is 2. The summed E-state index contributed by atoms with van der Waals surface area (Å²) in [5.74, 6) is 2.05. The predicted octanol–water partition coefficient (Wildman–Crippen LogP) is 3.66. The Balaban J connectivity index is 2.17. The minimum absolute atomic E-state index is 0.559. The first-order chi connectivity index (χ1) is 11.2. The van der Waals surface area contributed by atoms with Crippen LogP contribution in [0.25, 0.3) is 11.3 Å². The van der Waals surface area contributed by atoms with E-state index < -0.39 is 0 Å². The van der Waals surface area contributed by atoms with E-state index in [2.05, 4.69) is 46.6 Å². The summed E-state index contributed by atoms with van der Waals surface area (Å²) in [6.07, 6.45) is 0.921. The highest BCUT2D eigenvalue weighted by Crippen LogP contribution is 2.21. The summed E-state index contributed by atoms with van der Waals surface area (Å²) >= 11 is 0. The van der Waals surface area contributed by atoms with Crippen molar-refractivity contribution >= 4 is 11.8 Å². The van der Waals surface area contributed by atoms with Crippen LogP contribution in [0.3, 0.4) is 0 Å². The van der Waals surface area contributed by atoms with Gasteiger partial charge in [0, 0.05) is 38.4 Å². The monoisotopic (exact) mass is 314 g/mol. The fourth-order valence-corrected chi connectivity index (χ4v) is 2.10. The minimum atomic E-state index is 0.559. The maximum Gasteiger partial charge on any atom is 0.225 e. The highest BCUT2D eigenvalue weighted by Gasteiger charge is 2.07. The molecule has 0 saturated heterocycles. The Morgan fingerprint density at radius 3 is 2.57 bits per heavy atom. The molecule has 1 aromatic heterocycles. The predicted molar refractivity (Wildman–Crippen MR) is 95.8 cm³/mol. The van der Waals surface area contributed by atoms with Gasteiger partial charge in [-0.25, -0.2) is 4.98 Å². The number of aromatic nitrogens is 2. The Kier molecular flexibility index (Phi) is 6.81. The van der Waals surface area contributed by atoms with Crippen LogP contribution >= 0.6 is 0 Å². The molecule has 1 heterocycles. The van der Waals surface area contributed by atoms with E-state index in [0.29, 0.717) is 11.9 Å². The highest BCUT2D eigenvalue weighted by molar-refractivity contribution is 5.64. The maximum atomic E-state index is 5.07. The van der Waals surface area contributed by atoms with Crippen LogP contribution in [0.1, 0.15) is 20.3 Å². The summed E-state index contributed by atoms with van der Waals surface area (Å²) in [7, 11) is 1.71. The van der Waals surface area contributed by atoms with Crippen molar-refractivity contribution in [2.75, 3.05) is 37.4 Å². The third-order valence-electron chi connectivity index (χ3n) is 3.30. The van der Waals surface area contributed by atoms with Crippen LogP contribution in [0, 0.1) is 5.92 Å². The molecule has 0 amide bonds. The number of benzene rings is 1. The fourth-order valence-electron chi connectivity index (χ4n) is 2.10. The van der Waals surface area contributed by atoms with Gasteiger partial charge in [0.05, 0.1) is 5.69 Å². The number of anilines is 2. The largest absolute Gasteiger partial charge is 0.385 e. The molecule has 0 aliphatic rings. The van der Waals surface area contributed by atoms with Crippen LogP contribution in [0.5, 0.6) is 0 Å². The normalized spacial score (nSPS) is 10.8. The van der Waals surface area contributed by atoms with Crippen molar-refractivity contribution < 1.29 is 4.74 Å². The molecule has 0 radical (unpaired) electrons. The Bertz CT molecular complexity index is 587. The average molecular weight is 314 g/mol. The molecule has 0 saturated carbocycles. The summed E-state index contributed by atoms with van der Waals surface area (Å²) in [6.45, 7) is 6.75. The SMILES string of the molecule is COCCCNc1nc(NCC(C)C)cc(-c2ccccc2)n1. The molecule has 2 N–H and O–H groups in total. The number of rotatable bonds is 9. The van der Waals surface area contributed by atoms with Gasteiger partial charge in [-0.1, -0.05) is 44.2 Å². The zero-order valence-electron chi connectivity index (χ0n) is 14.2. The van der Waals surface area contributed by atoms with Gasteiger partial charge in [0.25, 0.3) is 0 Å². The van der Waals surface area contributed by atoms with Gasteiger partial charge in [-0.15, -0.1) is 0 Å². The van der Waals surface area contributed by atoms with Crippen LogP contribution < -0.4 is 10.6 Å². The first-order valence-corrected chi connectivity index (χ1v) is 8.10. The zero-order chi connectivity index (χ0) is 16.5. The molecule has 0 aliphatic heterocycles. The molecular weight excluding hydrogens is 288 g/mol. The molecule has 0 atom stereocenters. The van der Waals surface area contributed by atoms with Gasteiger partial charge in [-0.2, -0.15) is 4.98 Å². The lowest BCUT2D eigenvalue weighted by molar-refractivity contribution is 0.197. The molecule has 0 bridgehead atoms. The molecule has 5 nitrogen and oxygen atoms in total. The highest BCUT2D eigenvalue weighted by atomic mass is 16.5. The van der Waals surface area contributed by atoms with Crippen LogP contribution in [0.4, 0.5) is 11.8 Å². The summed E-state index contributed by atoms with van der Waals surface area (Å²) in [6, 6.07) is 12.2. The molecule has 2 rings (SSSR count). The number of ether oxygens (including phenoxy) is 1. The van der Waals surface area contributed by atoms with Gasteiger partial charge in [0.2, 0.25) is 5.95 Å². The number of hydrogen-bond donors (Lipinski definition) is 2. The van der Waals surface area contributed by atoms with Gasteiger partial charge in [-0.3, -0.25) is 0 Å². The van der Waals surface area contributed by atoms with E-state index in [-0.39, 0.29) is 0 Å². The van der Waals surface area contributed by atoms with Crippen LogP contribution in [-0.4, -0.2) is 36.8 Å². The van der Waals surface area contributed by atoms with Crippen molar-refractivity contribution in [2.45, 2.75) is 20.3 Å². The molecule has 0 spiro atoms. The second-order valence-corrected chi connectivity index (χ2v) is 5.88. The molecule has 0 fully saturated rings. The molecule has 5 heteroatoms. The van der Waals surface area contributed by atoms with Crippen LogP contribution in [-0.2, 0) is 4.74 Å². The van der Waals surface area contributed by atoms with Gasteiger partial charge in [0.1, 0.15) is 5.82 Å². The van der Waals surface area contributed by atoms with E-state index >= 15 is 0 Å². The third kappa shape index (κ3) is 5.87. The lowest BCUT2D eigenvalue weighted by atomic mass is 10.1. The second-order valence-electron chi connectivity index (χ2n) is 5.88. The standard InChI is InChI=1S/C18H26N4O/c1-14(2)13-20-17-12-16(15-8-5-4-6-9-15)21-18(22-17)19-10-7-11-23-3/h4-6,8-9,12,14H,7,10-11,13H2,1-3H3,(H2,19,20,21,22). The Labute approximate surface area is 138 Å². The molecular formula is C18H26N4O. The summed E-state index contributed by atoms with van der Waals surface area (Å²) in [4.78, 5) is 9.18. The minimum Gasteiger partial charge on any atom is -0.385 e. The average Bonchev–Trinajstić information content (AvgIpc) is 2.57. The lowest BCUT2D eigenvalue weighted by Crippen LogP contribution is -2.12. The van der Waals surface area contributed by atoms with E-state index in [4.69, 9.17) is 4.74 Å². The smallest absolute Gasteiger partial charge is 0.225 e. The van der Waals surface area contributed by atoms with Gasteiger partial charge >= 0.3 is 0 Å². The van der Waals surface area contributed by atoms with Crippen LogP contribution in [0.15, 0.2) is 36.4 Å². The van der Waals surface area contributed by atoms with Crippen molar-refractivity contribution in [2.24, 2.45) is 5.92 Å². The van der Waals surface area contributed by atoms with Gasteiger partial charge < -0.3 is 15.4 Å². The fraction of sp³-hybridized carbons (Fsp3) is 0.444. The zero-order valence-corrected chi connectivity index (χ0v) is 14.2. The van der Waals surface area contributed by atoms with E-state index in [9.17, 15) is 0 Å². The second kappa shape index (κ2) is 9.10. The molecule has 124 valence electrons. The van der Waals surface area contributed by atoms with E-state index in [1.54, 1.807) is 7.11 Å². The summed E-state index contributed by atoms with van der Waals surface area (Å²) in [5.41, 5.74) is 2.00. The summed E-state index contributed by atoms with van der Waals surface area (Å²) in [5, 5.41) is 6.66. The van der Waals surface area contributed by atoms with Gasteiger partial charge in [-0.05, 0) is 12.3 Å². The Morgan fingerprint density at radius 1 is 1.09 bits per heavy atom. The topological polar surface area (TPSA) is 59.1 Å². The first-order valence-electron chi connectivity index (χ1n) is 8.10. The quantitative estimate of drug-likeness (QED) is 0.692. The lowest BCUT2D eigenvalue weighted by Gasteiger charge is -2.12. The molecule has 0 unspecified atom stereocenters. The van der Waals surface area contributed by atoms with E-state index in [0.717, 1.165) is 43.2 Å². The van der Waals surface area contributed by atoms with E-state index in [1.807, 2.05) is 24.3 Å². The number of hydrogen-bond acceptors (Lipinski definition) is 5. The van der Waals surface area contributed by atoms with Crippen molar-refractivity contribution in [3.05, 3.63) is 36.4 Å². The molecule has 0 aliphatic carbocycles. The molecule has 2 aromatic rings. The number of methoxy groups -OCH3 is 1. The van der Waals surface area contributed by atoms with Crippen molar-refractivity contribution in [3.63, 3.8) is 0 Å².